The zero-order chi connectivity index (χ0) is 21.1. The van der Waals surface area contributed by atoms with Crippen LogP contribution in [0.15, 0.2) is 24.4 Å². The molecule has 1 unspecified atom stereocenters. The van der Waals surface area contributed by atoms with Crippen LogP contribution in [0.5, 0.6) is 0 Å². The lowest BCUT2D eigenvalue weighted by Crippen LogP contribution is -2.36. The predicted molar refractivity (Wildman–Crippen MR) is 107 cm³/mol. The Morgan fingerprint density at radius 3 is 2.79 bits per heavy atom. The molecular formula is C19H24N6O4. The lowest BCUT2D eigenvalue weighted by Gasteiger charge is -2.34. The van der Waals surface area contributed by atoms with Crippen molar-refractivity contribution < 1.29 is 14.5 Å². The Balaban J connectivity index is 1.90. The number of carbonyl (C=O) groups is 2. The van der Waals surface area contributed by atoms with Crippen molar-refractivity contribution in [3.05, 3.63) is 51.3 Å². The minimum absolute atomic E-state index is 0.0108. The number of carbonyl (C=O) groups excluding carboxylic acids is 2. The number of hydrogen-bond acceptors (Lipinski definition) is 6. The Bertz CT molecular complexity index is 939. The van der Waals surface area contributed by atoms with Gasteiger partial charge >= 0.3 is 0 Å². The van der Waals surface area contributed by atoms with Crippen molar-refractivity contribution in [1.82, 2.24) is 20.4 Å². The van der Waals surface area contributed by atoms with E-state index in [0.717, 1.165) is 18.5 Å². The molecule has 2 amide bonds. The summed E-state index contributed by atoms with van der Waals surface area (Å²) in [6, 6.07) is 4.50. The number of anilines is 1. The van der Waals surface area contributed by atoms with Crippen molar-refractivity contribution in [3.63, 3.8) is 0 Å². The highest BCUT2D eigenvalue weighted by atomic mass is 16.6. The summed E-state index contributed by atoms with van der Waals surface area (Å²) < 4.78 is 0. The number of hydrogen-bond donors (Lipinski definition) is 2. The number of amides is 2. The molecule has 1 fully saturated rings. The van der Waals surface area contributed by atoms with E-state index in [-0.39, 0.29) is 29.0 Å². The molecule has 10 nitrogen and oxygen atoms in total. The van der Waals surface area contributed by atoms with Gasteiger partial charge in [0.2, 0.25) is 0 Å². The van der Waals surface area contributed by atoms with Gasteiger partial charge in [-0.1, -0.05) is 0 Å². The van der Waals surface area contributed by atoms with Crippen LogP contribution < -0.4 is 10.2 Å². The van der Waals surface area contributed by atoms with E-state index in [9.17, 15) is 19.7 Å². The number of H-pyrrole nitrogens is 1. The van der Waals surface area contributed by atoms with Gasteiger partial charge in [-0.2, -0.15) is 5.10 Å². The average Bonchev–Trinajstić information content (AvgIpc) is 3.21. The van der Waals surface area contributed by atoms with Crippen LogP contribution in [0.3, 0.4) is 0 Å². The summed E-state index contributed by atoms with van der Waals surface area (Å²) in [6.45, 7) is 1.16. The maximum atomic E-state index is 12.4. The summed E-state index contributed by atoms with van der Waals surface area (Å²) in [5, 5.41) is 21.1. The highest BCUT2D eigenvalue weighted by molar-refractivity contribution is 5.96. The minimum Gasteiger partial charge on any atom is -0.365 e. The van der Waals surface area contributed by atoms with Gasteiger partial charge in [0.25, 0.3) is 17.5 Å². The predicted octanol–water partition coefficient (Wildman–Crippen LogP) is 1.76. The number of nitrogens with one attached hydrogen (secondary N) is 2. The Morgan fingerprint density at radius 1 is 1.38 bits per heavy atom. The van der Waals surface area contributed by atoms with Crippen LogP contribution in [0, 0.1) is 10.1 Å². The van der Waals surface area contributed by atoms with Crippen LogP contribution in [-0.4, -0.2) is 66.1 Å². The van der Waals surface area contributed by atoms with E-state index in [1.54, 1.807) is 26.2 Å². The van der Waals surface area contributed by atoms with Crippen LogP contribution in [0.4, 0.5) is 11.4 Å². The number of aromatic amines is 1. The number of aromatic nitrogens is 2. The standard InChI is InChI=1S/C19H24N6O4/c1-20-18(26)12-6-7-15(16(9-12)25(28)29)24-8-4-5-13(11-24)17-14(10-21-22-17)19(27)23(2)3/h6-7,9-10,13H,4-5,8,11H2,1-3H3,(H,20,26)(H,21,22). The molecule has 0 saturated carbocycles. The van der Waals surface area contributed by atoms with Crippen molar-refractivity contribution in [2.75, 3.05) is 39.1 Å². The fourth-order valence-corrected chi connectivity index (χ4v) is 3.67. The second-order valence-corrected chi connectivity index (χ2v) is 7.22. The van der Waals surface area contributed by atoms with E-state index in [0.29, 0.717) is 24.3 Å². The van der Waals surface area contributed by atoms with Crippen LogP contribution in [0.1, 0.15) is 45.2 Å². The molecule has 2 aromatic rings. The molecule has 0 aliphatic carbocycles. The quantitative estimate of drug-likeness (QED) is 0.582. The molecule has 154 valence electrons. The Hall–Kier alpha value is -3.43. The first-order valence-corrected chi connectivity index (χ1v) is 9.33. The molecule has 3 rings (SSSR count). The third-order valence-electron chi connectivity index (χ3n) is 5.14. The summed E-state index contributed by atoms with van der Waals surface area (Å²) in [7, 11) is 4.85. The second-order valence-electron chi connectivity index (χ2n) is 7.22. The van der Waals surface area contributed by atoms with Gasteiger partial charge in [-0.05, 0) is 25.0 Å². The summed E-state index contributed by atoms with van der Waals surface area (Å²) in [6.07, 6.45) is 3.18. The minimum atomic E-state index is -0.470. The number of nitro benzene ring substituents is 1. The van der Waals surface area contributed by atoms with E-state index >= 15 is 0 Å². The molecule has 1 aromatic heterocycles. The summed E-state index contributed by atoms with van der Waals surface area (Å²) >= 11 is 0. The monoisotopic (exact) mass is 400 g/mol. The Labute approximate surface area is 168 Å². The van der Waals surface area contributed by atoms with Gasteiger partial charge in [0, 0.05) is 51.8 Å². The largest absolute Gasteiger partial charge is 0.365 e. The molecule has 0 spiro atoms. The average molecular weight is 400 g/mol. The van der Waals surface area contributed by atoms with Crippen LogP contribution >= 0.6 is 0 Å². The smallest absolute Gasteiger partial charge is 0.293 e. The number of rotatable bonds is 5. The fourth-order valence-electron chi connectivity index (χ4n) is 3.67. The molecular weight excluding hydrogens is 376 g/mol. The number of piperidine rings is 1. The van der Waals surface area contributed by atoms with Gasteiger partial charge in [-0.25, -0.2) is 0 Å². The molecule has 29 heavy (non-hydrogen) atoms. The first-order chi connectivity index (χ1) is 13.8. The Kier molecular flexibility index (Phi) is 5.81. The molecule has 1 aromatic carbocycles. The molecule has 2 heterocycles. The topological polar surface area (TPSA) is 124 Å². The molecule has 1 aliphatic rings. The second kappa shape index (κ2) is 8.29. The summed E-state index contributed by atoms with van der Waals surface area (Å²) in [5.74, 6) is -0.518. The van der Waals surface area contributed by atoms with E-state index in [2.05, 4.69) is 15.5 Å². The zero-order valence-corrected chi connectivity index (χ0v) is 16.6. The molecule has 1 atom stereocenters. The maximum Gasteiger partial charge on any atom is 0.293 e. The molecule has 1 saturated heterocycles. The van der Waals surface area contributed by atoms with Gasteiger partial charge < -0.3 is 15.1 Å². The number of nitrogens with zero attached hydrogens (tertiary/aromatic N) is 4. The van der Waals surface area contributed by atoms with Gasteiger partial charge in [-0.15, -0.1) is 0 Å². The Morgan fingerprint density at radius 2 is 2.14 bits per heavy atom. The third kappa shape index (κ3) is 4.05. The van der Waals surface area contributed by atoms with Crippen LogP contribution in [0.2, 0.25) is 0 Å². The van der Waals surface area contributed by atoms with Gasteiger partial charge in [0.05, 0.1) is 22.4 Å². The highest BCUT2D eigenvalue weighted by Gasteiger charge is 2.30. The lowest BCUT2D eigenvalue weighted by atomic mass is 9.91. The first-order valence-electron chi connectivity index (χ1n) is 9.33. The maximum absolute atomic E-state index is 12.4. The van der Waals surface area contributed by atoms with Crippen molar-refractivity contribution in [2.45, 2.75) is 18.8 Å². The molecule has 0 radical (unpaired) electrons. The van der Waals surface area contributed by atoms with Gasteiger partial charge in [-0.3, -0.25) is 24.8 Å². The highest BCUT2D eigenvalue weighted by Crippen LogP contribution is 2.35. The van der Waals surface area contributed by atoms with Gasteiger partial charge in [0.15, 0.2) is 0 Å². The summed E-state index contributed by atoms with van der Waals surface area (Å²) in [5.41, 5.74) is 1.86. The van der Waals surface area contributed by atoms with Gasteiger partial charge in [0.1, 0.15) is 5.69 Å². The van der Waals surface area contributed by atoms with E-state index in [4.69, 9.17) is 0 Å². The SMILES string of the molecule is CNC(=O)c1ccc(N2CCCC(c3[nH]ncc3C(=O)N(C)C)C2)c([N+](=O)[O-])c1. The van der Waals surface area contributed by atoms with Crippen LogP contribution in [0.25, 0.3) is 0 Å². The van der Waals surface area contributed by atoms with Crippen molar-refractivity contribution in [2.24, 2.45) is 0 Å². The molecule has 0 bridgehead atoms. The van der Waals surface area contributed by atoms with Crippen molar-refractivity contribution in [3.8, 4) is 0 Å². The lowest BCUT2D eigenvalue weighted by molar-refractivity contribution is -0.384. The zero-order valence-electron chi connectivity index (χ0n) is 16.6. The normalized spacial score (nSPS) is 16.4. The summed E-state index contributed by atoms with van der Waals surface area (Å²) in [4.78, 5) is 38.9. The first kappa shape index (κ1) is 20.3. The van der Waals surface area contributed by atoms with Crippen LogP contribution in [-0.2, 0) is 0 Å². The van der Waals surface area contributed by atoms with E-state index in [1.807, 2.05) is 4.90 Å². The van der Waals surface area contributed by atoms with E-state index < -0.39 is 4.92 Å². The number of nitro groups is 1. The molecule has 10 heteroatoms. The fraction of sp³-hybridized carbons (Fsp3) is 0.421. The molecule has 2 N–H and O–H groups in total. The van der Waals surface area contributed by atoms with Crippen molar-refractivity contribution >= 4 is 23.2 Å². The number of benzene rings is 1. The third-order valence-corrected chi connectivity index (χ3v) is 5.14. The van der Waals surface area contributed by atoms with E-state index in [1.165, 1.54) is 24.2 Å². The van der Waals surface area contributed by atoms with Crippen molar-refractivity contribution in [1.29, 1.82) is 0 Å². The molecule has 1 aliphatic heterocycles.